The molecule has 0 aliphatic carbocycles. The van der Waals surface area contributed by atoms with E-state index in [1.165, 1.54) is 11.3 Å². The van der Waals surface area contributed by atoms with E-state index in [9.17, 15) is 9.59 Å². The van der Waals surface area contributed by atoms with Gasteiger partial charge < -0.3 is 10.2 Å². The van der Waals surface area contributed by atoms with E-state index in [-0.39, 0.29) is 18.2 Å². The quantitative estimate of drug-likeness (QED) is 0.748. The van der Waals surface area contributed by atoms with E-state index < -0.39 is 6.04 Å². The molecule has 2 aromatic carbocycles. The molecule has 132 valence electrons. The van der Waals surface area contributed by atoms with Crippen molar-refractivity contribution in [2.75, 3.05) is 11.4 Å². The second-order valence-corrected chi connectivity index (χ2v) is 7.62. The highest BCUT2D eigenvalue weighted by Crippen LogP contribution is 2.29. The number of hydrogen-bond acceptors (Lipinski definition) is 4. The molecule has 1 aliphatic rings. The lowest BCUT2D eigenvalue weighted by atomic mass is 10.2. The summed E-state index contributed by atoms with van der Waals surface area (Å²) in [6, 6.07) is 14.5. The van der Waals surface area contributed by atoms with Crippen molar-refractivity contribution in [3.63, 3.8) is 0 Å². The van der Waals surface area contributed by atoms with Gasteiger partial charge in [0.1, 0.15) is 11.0 Å². The van der Waals surface area contributed by atoms with Gasteiger partial charge in [-0.15, -0.1) is 11.3 Å². The molecule has 0 radical (unpaired) electrons. The van der Waals surface area contributed by atoms with Crippen LogP contribution in [0.4, 0.5) is 5.69 Å². The second kappa shape index (κ2) is 7.05. The predicted octanol–water partition coefficient (Wildman–Crippen LogP) is 3.41. The number of nitrogens with zero attached hydrogens (tertiary/aromatic N) is 2. The van der Waals surface area contributed by atoms with Crippen molar-refractivity contribution in [3.8, 4) is 0 Å². The van der Waals surface area contributed by atoms with Crippen molar-refractivity contribution in [2.24, 2.45) is 0 Å². The van der Waals surface area contributed by atoms with Gasteiger partial charge in [0.2, 0.25) is 11.8 Å². The van der Waals surface area contributed by atoms with Crippen molar-refractivity contribution in [1.29, 1.82) is 0 Å². The Bertz CT molecular complexity index is 955. The molecule has 1 N–H and O–H groups in total. The number of carbonyl (C=O) groups excluding carboxylic acids is 2. The van der Waals surface area contributed by atoms with E-state index in [0.29, 0.717) is 23.7 Å². The number of amides is 2. The Morgan fingerprint density at radius 2 is 2.00 bits per heavy atom. The van der Waals surface area contributed by atoms with Gasteiger partial charge in [0.05, 0.1) is 27.3 Å². The molecule has 7 heteroatoms. The van der Waals surface area contributed by atoms with Crippen LogP contribution < -0.4 is 10.2 Å². The third-order valence-corrected chi connectivity index (χ3v) is 5.69. The fraction of sp³-hybridized carbons (Fsp3) is 0.211. The summed E-state index contributed by atoms with van der Waals surface area (Å²) < 4.78 is 1.05. The lowest BCUT2D eigenvalue weighted by Crippen LogP contribution is -2.42. The molecule has 0 spiro atoms. The first-order valence-corrected chi connectivity index (χ1v) is 9.51. The third kappa shape index (κ3) is 3.30. The monoisotopic (exact) mass is 385 g/mol. The molecule has 26 heavy (non-hydrogen) atoms. The number of fused-ring (bicyclic) bond motifs is 1. The van der Waals surface area contributed by atoms with Crippen LogP contribution in [0.25, 0.3) is 10.2 Å². The summed E-state index contributed by atoms with van der Waals surface area (Å²) in [5.41, 5.74) is 1.57. The first-order valence-electron chi connectivity index (χ1n) is 8.31. The Labute approximate surface area is 159 Å². The van der Waals surface area contributed by atoms with E-state index >= 15 is 0 Å². The molecule has 2 heterocycles. The summed E-state index contributed by atoms with van der Waals surface area (Å²) in [7, 11) is 0. The highest BCUT2D eigenvalue weighted by Gasteiger charge is 2.34. The van der Waals surface area contributed by atoms with Crippen molar-refractivity contribution in [3.05, 3.63) is 58.6 Å². The molecule has 5 nitrogen and oxygen atoms in total. The lowest BCUT2D eigenvalue weighted by molar-refractivity contribution is -0.126. The van der Waals surface area contributed by atoms with Crippen molar-refractivity contribution in [1.82, 2.24) is 10.3 Å². The Hall–Kier alpha value is -2.44. The van der Waals surface area contributed by atoms with Crippen LogP contribution >= 0.6 is 22.9 Å². The van der Waals surface area contributed by atoms with Crippen LogP contribution in [0.5, 0.6) is 0 Å². The van der Waals surface area contributed by atoms with Crippen LogP contribution in [0.2, 0.25) is 5.02 Å². The molecule has 3 aromatic rings. The summed E-state index contributed by atoms with van der Waals surface area (Å²) >= 11 is 7.68. The molecule has 1 saturated heterocycles. The van der Waals surface area contributed by atoms with Gasteiger partial charge in [0.25, 0.3) is 0 Å². The maximum Gasteiger partial charge on any atom is 0.249 e. The fourth-order valence-electron chi connectivity index (χ4n) is 3.10. The first kappa shape index (κ1) is 17.0. The molecular weight excluding hydrogens is 370 g/mol. The van der Waals surface area contributed by atoms with Crippen LogP contribution in [-0.2, 0) is 16.0 Å². The lowest BCUT2D eigenvalue weighted by Gasteiger charge is -2.18. The SMILES string of the molecule is O=C(Cc1nc2ccccc2s1)N[C@@H]1CCN(c2ccccc2Cl)C1=O. The van der Waals surface area contributed by atoms with E-state index in [4.69, 9.17) is 11.6 Å². The van der Waals surface area contributed by atoms with Crippen molar-refractivity contribution in [2.45, 2.75) is 18.9 Å². The highest BCUT2D eigenvalue weighted by molar-refractivity contribution is 7.18. The number of benzene rings is 2. The minimum Gasteiger partial charge on any atom is -0.344 e. The summed E-state index contributed by atoms with van der Waals surface area (Å²) in [5, 5.41) is 4.11. The smallest absolute Gasteiger partial charge is 0.249 e. The molecule has 1 atom stereocenters. The number of nitrogens with one attached hydrogen (secondary N) is 1. The van der Waals surface area contributed by atoms with Gasteiger partial charge >= 0.3 is 0 Å². The van der Waals surface area contributed by atoms with Gasteiger partial charge in [-0.05, 0) is 30.7 Å². The zero-order valence-corrected chi connectivity index (χ0v) is 15.4. The third-order valence-electron chi connectivity index (χ3n) is 4.33. The Kier molecular flexibility index (Phi) is 4.61. The van der Waals surface area contributed by atoms with Gasteiger partial charge in [0.15, 0.2) is 0 Å². The first-order chi connectivity index (χ1) is 12.6. The van der Waals surface area contributed by atoms with Crippen LogP contribution in [0, 0.1) is 0 Å². The summed E-state index contributed by atoms with van der Waals surface area (Å²) in [5.74, 6) is -0.320. The normalized spacial score (nSPS) is 17.0. The van der Waals surface area contributed by atoms with Gasteiger partial charge in [-0.2, -0.15) is 0 Å². The predicted molar refractivity (Wildman–Crippen MR) is 104 cm³/mol. The minimum atomic E-state index is -0.520. The molecule has 0 saturated carbocycles. The van der Waals surface area contributed by atoms with Gasteiger partial charge in [-0.25, -0.2) is 4.98 Å². The van der Waals surface area contributed by atoms with E-state index in [2.05, 4.69) is 10.3 Å². The number of rotatable bonds is 4. The molecule has 1 fully saturated rings. The standard InChI is InChI=1S/C19H16ClN3O2S/c20-12-5-1-3-7-15(12)23-10-9-14(19(23)25)21-17(24)11-18-22-13-6-2-4-8-16(13)26-18/h1-8,14H,9-11H2,(H,21,24)/t14-/m1/s1. The number of halogens is 1. The summed E-state index contributed by atoms with van der Waals surface area (Å²) in [6.45, 7) is 0.536. The van der Waals surface area contributed by atoms with Gasteiger partial charge in [-0.1, -0.05) is 35.9 Å². The Morgan fingerprint density at radius 3 is 2.81 bits per heavy atom. The van der Waals surface area contributed by atoms with Crippen LogP contribution in [0.3, 0.4) is 0 Å². The molecule has 1 aliphatic heterocycles. The van der Waals surface area contributed by atoms with E-state index in [1.807, 2.05) is 42.5 Å². The second-order valence-electron chi connectivity index (χ2n) is 6.10. The van der Waals surface area contributed by atoms with Crippen LogP contribution in [-0.4, -0.2) is 29.4 Å². The van der Waals surface area contributed by atoms with Crippen molar-refractivity contribution >= 4 is 50.7 Å². The zero-order chi connectivity index (χ0) is 18.1. The van der Waals surface area contributed by atoms with E-state index in [1.54, 1.807) is 11.0 Å². The molecule has 1 aromatic heterocycles. The number of thiazole rings is 1. The number of anilines is 1. The maximum atomic E-state index is 12.6. The number of aromatic nitrogens is 1. The largest absolute Gasteiger partial charge is 0.344 e. The van der Waals surface area contributed by atoms with Gasteiger partial charge in [-0.3, -0.25) is 9.59 Å². The average Bonchev–Trinajstić information content (AvgIpc) is 3.19. The van der Waals surface area contributed by atoms with Crippen LogP contribution in [0.15, 0.2) is 48.5 Å². The fourth-order valence-corrected chi connectivity index (χ4v) is 4.31. The molecule has 0 bridgehead atoms. The minimum absolute atomic E-state index is 0.129. The topological polar surface area (TPSA) is 62.3 Å². The number of carbonyl (C=O) groups is 2. The number of para-hydroxylation sites is 2. The maximum absolute atomic E-state index is 12.6. The Morgan fingerprint density at radius 1 is 1.23 bits per heavy atom. The molecule has 0 unspecified atom stereocenters. The molecule has 2 amide bonds. The van der Waals surface area contributed by atoms with Crippen LogP contribution in [0.1, 0.15) is 11.4 Å². The zero-order valence-electron chi connectivity index (χ0n) is 13.8. The molecule has 4 rings (SSSR count). The summed E-state index contributed by atoms with van der Waals surface area (Å²) in [6.07, 6.45) is 0.741. The average molecular weight is 386 g/mol. The van der Waals surface area contributed by atoms with E-state index in [0.717, 1.165) is 15.2 Å². The van der Waals surface area contributed by atoms with Crippen molar-refractivity contribution < 1.29 is 9.59 Å². The van der Waals surface area contributed by atoms with Gasteiger partial charge in [0, 0.05) is 6.54 Å². The molecular formula is C19H16ClN3O2S. The number of hydrogen-bond donors (Lipinski definition) is 1. The Balaban J connectivity index is 1.42. The summed E-state index contributed by atoms with van der Waals surface area (Å²) in [4.78, 5) is 31.1. The highest BCUT2D eigenvalue weighted by atomic mass is 35.5.